The van der Waals surface area contributed by atoms with Gasteiger partial charge in [-0.3, -0.25) is 4.79 Å². The number of rotatable bonds is 2. The minimum atomic E-state index is -0.330. The molecule has 0 radical (unpaired) electrons. The van der Waals surface area contributed by atoms with Gasteiger partial charge in [0, 0.05) is 17.6 Å². The Morgan fingerprint density at radius 2 is 1.94 bits per heavy atom. The first-order valence-corrected chi connectivity index (χ1v) is 6.38. The number of carbonyl (C=O) groups excluding carboxylic acids is 1. The molecular weight excluding hydrogens is 212 g/mol. The second kappa shape index (κ2) is 4.15. The smallest absolute Gasteiger partial charge is 0.248 e. The molecule has 0 saturated carbocycles. The largest absolute Gasteiger partial charge is 0.366 e. The van der Waals surface area contributed by atoms with Crippen molar-refractivity contribution in [3.05, 3.63) is 35.4 Å². The van der Waals surface area contributed by atoms with Gasteiger partial charge in [-0.1, -0.05) is 12.1 Å². The van der Waals surface area contributed by atoms with E-state index in [4.69, 9.17) is 5.73 Å². The van der Waals surface area contributed by atoms with Gasteiger partial charge in [-0.05, 0) is 49.3 Å². The van der Waals surface area contributed by atoms with Crippen LogP contribution < -0.4 is 11.1 Å². The predicted molar refractivity (Wildman–Crippen MR) is 66.9 cm³/mol. The Morgan fingerprint density at radius 3 is 2.59 bits per heavy atom. The van der Waals surface area contributed by atoms with E-state index in [2.05, 4.69) is 11.4 Å². The predicted octanol–water partition coefficient (Wildman–Crippen LogP) is 1.78. The Morgan fingerprint density at radius 1 is 1.24 bits per heavy atom. The van der Waals surface area contributed by atoms with Crippen LogP contribution in [0.2, 0.25) is 0 Å². The van der Waals surface area contributed by atoms with E-state index in [-0.39, 0.29) is 5.91 Å². The molecule has 1 unspecified atom stereocenters. The van der Waals surface area contributed by atoms with Crippen molar-refractivity contribution >= 4 is 5.91 Å². The maximum absolute atomic E-state index is 11.2. The second-order valence-electron chi connectivity index (χ2n) is 5.30. The Labute approximate surface area is 101 Å². The van der Waals surface area contributed by atoms with Gasteiger partial charge in [-0.25, -0.2) is 0 Å². The van der Waals surface area contributed by atoms with Crippen LogP contribution in [0, 0.1) is 0 Å². The molecule has 3 heteroatoms. The van der Waals surface area contributed by atoms with Crippen LogP contribution in [0.25, 0.3) is 0 Å². The number of primary amides is 1. The highest BCUT2D eigenvalue weighted by molar-refractivity contribution is 5.92. The van der Waals surface area contributed by atoms with Crippen LogP contribution in [0.15, 0.2) is 24.3 Å². The molecule has 3 atom stereocenters. The van der Waals surface area contributed by atoms with Crippen LogP contribution in [0.4, 0.5) is 0 Å². The summed E-state index contributed by atoms with van der Waals surface area (Å²) in [5, 5.41) is 3.64. The molecule has 2 aliphatic heterocycles. The van der Waals surface area contributed by atoms with Crippen molar-refractivity contribution in [3.63, 3.8) is 0 Å². The minimum absolute atomic E-state index is 0.330. The average molecular weight is 230 g/mol. The zero-order valence-electron chi connectivity index (χ0n) is 9.86. The van der Waals surface area contributed by atoms with Gasteiger partial charge in [0.1, 0.15) is 0 Å². The van der Waals surface area contributed by atoms with Crippen LogP contribution in [0.1, 0.15) is 47.5 Å². The van der Waals surface area contributed by atoms with E-state index in [0.717, 1.165) is 0 Å². The Balaban J connectivity index is 1.84. The number of nitrogens with one attached hydrogen (secondary N) is 1. The van der Waals surface area contributed by atoms with Crippen molar-refractivity contribution < 1.29 is 4.79 Å². The third kappa shape index (κ3) is 2.07. The highest BCUT2D eigenvalue weighted by atomic mass is 16.1. The summed E-state index contributed by atoms with van der Waals surface area (Å²) in [5.74, 6) is 0.261. The van der Waals surface area contributed by atoms with Gasteiger partial charge in [-0.15, -0.1) is 0 Å². The fourth-order valence-electron chi connectivity index (χ4n) is 3.28. The van der Waals surface area contributed by atoms with Gasteiger partial charge < -0.3 is 11.1 Å². The first-order chi connectivity index (χ1) is 8.22. The third-order valence-corrected chi connectivity index (χ3v) is 4.12. The Bertz CT molecular complexity index is 432. The monoisotopic (exact) mass is 230 g/mol. The summed E-state index contributed by atoms with van der Waals surface area (Å²) >= 11 is 0. The summed E-state index contributed by atoms with van der Waals surface area (Å²) in [4.78, 5) is 11.2. The minimum Gasteiger partial charge on any atom is -0.366 e. The van der Waals surface area contributed by atoms with Crippen molar-refractivity contribution in [2.45, 2.75) is 43.7 Å². The van der Waals surface area contributed by atoms with E-state index >= 15 is 0 Å². The first kappa shape index (κ1) is 10.8. The zero-order valence-corrected chi connectivity index (χ0v) is 9.86. The molecule has 1 aromatic rings. The number of benzene rings is 1. The van der Waals surface area contributed by atoms with Gasteiger partial charge >= 0.3 is 0 Å². The number of piperidine rings is 1. The van der Waals surface area contributed by atoms with Crippen LogP contribution >= 0.6 is 0 Å². The van der Waals surface area contributed by atoms with Crippen molar-refractivity contribution in [1.29, 1.82) is 0 Å². The normalized spacial score (nSPS) is 31.4. The van der Waals surface area contributed by atoms with Gasteiger partial charge in [0.25, 0.3) is 0 Å². The lowest BCUT2D eigenvalue weighted by Gasteiger charge is -2.29. The molecule has 1 amide bonds. The van der Waals surface area contributed by atoms with Gasteiger partial charge in [0.2, 0.25) is 5.91 Å². The number of fused-ring (bicyclic) bond motifs is 2. The molecule has 90 valence electrons. The van der Waals surface area contributed by atoms with Crippen LogP contribution in [0.5, 0.6) is 0 Å². The van der Waals surface area contributed by atoms with E-state index in [1.807, 2.05) is 12.1 Å². The molecule has 0 aliphatic carbocycles. The first-order valence-electron chi connectivity index (χ1n) is 6.38. The molecular formula is C14H18N2O. The summed E-state index contributed by atoms with van der Waals surface area (Å²) in [6.45, 7) is 0. The molecule has 3 rings (SSSR count). The van der Waals surface area contributed by atoms with Gasteiger partial charge in [-0.2, -0.15) is 0 Å². The van der Waals surface area contributed by atoms with Crippen LogP contribution in [-0.2, 0) is 0 Å². The van der Waals surface area contributed by atoms with E-state index in [0.29, 0.717) is 23.6 Å². The molecule has 2 aliphatic rings. The van der Waals surface area contributed by atoms with Crippen LogP contribution in [0.3, 0.4) is 0 Å². The number of nitrogens with two attached hydrogens (primary N) is 1. The van der Waals surface area contributed by atoms with E-state index in [9.17, 15) is 4.79 Å². The van der Waals surface area contributed by atoms with Crippen LogP contribution in [-0.4, -0.2) is 18.0 Å². The lowest BCUT2D eigenvalue weighted by atomic mass is 9.85. The van der Waals surface area contributed by atoms with Gasteiger partial charge in [0.15, 0.2) is 0 Å². The molecule has 3 nitrogen and oxygen atoms in total. The maximum Gasteiger partial charge on any atom is 0.248 e. The maximum atomic E-state index is 11.2. The fourth-order valence-corrected chi connectivity index (χ4v) is 3.28. The molecule has 2 heterocycles. The molecule has 1 aromatic carbocycles. The molecule has 3 N–H and O–H groups in total. The number of hydrogen-bond acceptors (Lipinski definition) is 2. The molecule has 2 bridgehead atoms. The lowest BCUT2D eigenvalue weighted by molar-refractivity contribution is 0.1000. The third-order valence-electron chi connectivity index (χ3n) is 4.12. The topological polar surface area (TPSA) is 55.1 Å². The van der Waals surface area contributed by atoms with E-state index in [1.54, 1.807) is 6.07 Å². The molecule has 2 saturated heterocycles. The Kier molecular flexibility index (Phi) is 2.63. The summed E-state index contributed by atoms with van der Waals surface area (Å²) in [6, 6.07) is 9.19. The lowest BCUT2D eigenvalue weighted by Crippen LogP contribution is -2.37. The van der Waals surface area contributed by atoms with Crippen molar-refractivity contribution in [2.24, 2.45) is 5.73 Å². The standard InChI is InChI=1S/C14H18N2O/c15-14(17)10-3-1-2-9(6-10)11-7-12-4-5-13(8-11)16-12/h1-3,6,11-13,16H,4-5,7-8H2,(H2,15,17)/t11?,12-,13+. The highest BCUT2D eigenvalue weighted by Crippen LogP contribution is 2.37. The highest BCUT2D eigenvalue weighted by Gasteiger charge is 2.33. The zero-order chi connectivity index (χ0) is 11.8. The quantitative estimate of drug-likeness (QED) is 0.813. The van der Waals surface area contributed by atoms with Crippen molar-refractivity contribution in [1.82, 2.24) is 5.32 Å². The SMILES string of the molecule is NC(=O)c1cccc(C2C[C@H]3CC[C@@H](C2)N3)c1. The number of amides is 1. The summed E-state index contributed by atoms with van der Waals surface area (Å²) < 4.78 is 0. The fraction of sp³-hybridized carbons (Fsp3) is 0.500. The molecule has 0 aromatic heterocycles. The van der Waals surface area contributed by atoms with E-state index in [1.165, 1.54) is 31.2 Å². The second-order valence-corrected chi connectivity index (χ2v) is 5.30. The van der Waals surface area contributed by atoms with E-state index < -0.39 is 0 Å². The molecule has 2 fully saturated rings. The summed E-state index contributed by atoms with van der Waals surface area (Å²) in [6.07, 6.45) is 4.99. The van der Waals surface area contributed by atoms with Crippen molar-refractivity contribution in [2.75, 3.05) is 0 Å². The average Bonchev–Trinajstić information content (AvgIpc) is 2.68. The summed E-state index contributed by atoms with van der Waals surface area (Å²) in [5.41, 5.74) is 7.24. The number of hydrogen-bond donors (Lipinski definition) is 2. The Hall–Kier alpha value is -1.35. The molecule has 0 spiro atoms. The van der Waals surface area contributed by atoms with Gasteiger partial charge in [0.05, 0.1) is 0 Å². The number of carbonyl (C=O) groups is 1. The summed E-state index contributed by atoms with van der Waals surface area (Å²) in [7, 11) is 0. The molecule has 17 heavy (non-hydrogen) atoms. The van der Waals surface area contributed by atoms with Crippen molar-refractivity contribution in [3.8, 4) is 0 Å².